The van der Waals surface area contributed by atoms with E-state index < -0.39 is 0 Å². The Labute approximate surface area is 141 Å². The highest BCUT2D eigenvalue weighted by Gasteiger charge is 2.04. The summed E-state index contributed by atoms with van der Waals surface area (Å²) in [5.41, 5.74) is 1.85. The average Bonchev–Trinajstić information content (AvgIpc) is 2.57. The van der Waals surface area contributed by atoms with Gasteiger partial charge in [-0.1, -0.05) is 35.9 Å². The number of hydrogen-bond acceptors (Lipinski definition) is 3. The van der Waals surface area contributed by atoms with E-state index in [4.69, 9.17) is 16.3 Å². The van der Waals surface area contributed by atoms with Crippen LogP contribution in [0.15, 0.2) is 48.5 Å². The smallest absolute Gasteiger partial charge is 0.225 e. The van der Waals surface area contributed by atoms with Gasteiger partial charge in [0.2, 0.25) is 5.91 Å². The molecule has 0 spiro atoms. The van der Waals surface area contributed by atoms with E-state index in [1.807, 2.05) is 30.3 Å². The zero-order valence-corrected chi connectivity index (χ0v) is 13.9. The van der Waals surface area contributed by atoms with Crippen LogP contribution in [0.5, 0.6) is 5.75 Å². The van der Waals surface area contributed by atoms with Crippen molar-refractivity contribution in [2.24, 2.45) is 0 Å². The quantitative estimate of drug-likeness (QED) is 0.727. The van der Waals surface area contributed by atoms with Gasteiger partial charge in [-0.2, -0.15) is 0 Å². The summed E-state index contributed by atoms with van der Waals surface area (Å²) in [6.07, 6.45) is 1.30. The highest BCUT2D eigenvalue weighted by molar-refractivity contribution is 6.33. The number of benzene rings is 2. The minimum atomic E-state index is -0.0491. The molecule has 0 unspecified atom stereocenters. The fourth-order valence-corrected chi connectivity index (χ4v) is 2.35. The molecule has 23 heavy (non-hydrogen) atoms. The van der Waals surface area contributed by atoms with Gasteiger partial charge in [-0.05, 0) is 42.8 Å². The molecule has 0 fully saturated rings. The monoisotopic (exact) mass is 332 g/mol. The molecule has 2 rings (SSSR count). The molecular weight excluding hydrogens is 312 g/mol. The third-order valence-electron chi connectivity index (χ3n) is 3.40. The average molecular weight is 333 g/mol. The maximum absolute atomic E-state index is 11.9. The molecule has 2 aromatic rings. The number of hydrogen-bond donors (Lipinski definition) is 2. The van der Waals surface area contributed by atoms with Crippen LogP contribution >= 0.6 is 11.6 Å². The van der Waals surface area contributed by atoms with Crippen molar-refractivity contribution in [3.8, 4) is 5.75 Å². The Morgan fingerprint density at radius 1 is 1.13 bits per heavy atom. The molecule has 2 aromatic carbocycles. The van der Waals surface area contributed by atoms with Gasteiger partial charge >= 0.3 is 0 Å². The molecule has 122 valence electrons. The Kier molecular flexibility index (Phi) is 6.91. The highest BCUT2D eigenvalue weighted by Crippen LogP contribution is 2.20. The van der Waals surface area contributed by atoms with Gasteiger partial charge in [0.25, 0.3) is 0 Å². The number of para-hydroxylation sites is 1. The van der Waals surface area contributed by atoms with Crippen molar-refractivity contribution < 1.29 is 9.53 Å². The predicted molar refractivity (Wildman–Crippen MR) is 94.3 cm³/mol. The largest absolute Gasteiger partial charge is 0.497 e. The van der Waals surface area contributed by atoms with E-state index >= 15 is 0 Å². The third kappa shape index (κ3) is 5.93. The minimum absolute atomic E-state index is 0.0491. The summed E-state index contributed by atoms with van der Waals surface area (Å²) >= 11 is 6.00. The van der Waals surface area contributed by atoms with Crippen LogP contribution in [0.3, 0.4) is 0 Å². The van der Waals surface area contributed by atoms with Crippen molar-refractivity contribution in [3.63, 3.8) is 0 Å². The van der Waals surface area contributed by atoms with E-state index in [0.29, 0.717) is 23.7 Å². The SMILES string of the molecule is COc1cccc(CCNCCC(=O)Nc2ccccc2Cl)c1. The van der Waals surface area contributed by atoms with Crippen molar-refractivity contribution in [2.75, 3.05) is 25.5 Å². The van der Waals surface area contributed by atoms with Gasteiger partial charge < -0.3 is 15.4 Å². The second-order valence-electron chi connectivity index (χ2n) is 5.13. The fourth-order valence-electron chi connectivity index (χ4n) is 2.16. The summed E-state index contributed by atoms with van der Waals surface area (Å²) in [7, 11) is 1.66. The first-order valence-corrected chi connectivity index (χ1v) is 7.95. The lowest BCUT2D eigenvalue weighted by Crippen LogP contribution is -2.23. The Hall–Kier alpha value is -2.04. The number of anilines is 1. The lowest BCUT2D eigenvalue weighted by molar-refractivity contribution is -0.116. The number of carbonyl (C=O) groups excluding carboxylic acids is 1. The third-order valence-corrected chi connectivity index (χ3v) is 3.73. The van der Waals surface area contributed by atoms with Gasteiger partial charge in [-0.25, -0.2) is 0 Å². The lowest BCUT2D eigenvalue weighted by Gasteiger charge is -2.08. The molecule has 0 saturated heterocycles. The summed E-state index contributed by atoms with van der Waals surface area (Å²) in [6, 6.07) is 15.2. The highest BCUT2D eigenvalue weighted by atomic mass is 35.5. The zero-order chi connectivity index (χ0) is 16.5. The first-order chi connectivity index (χ1) is 11.2. The fraction of sp³-hybridized carbons (Fsp3) is 0.278. The van der Waals surface area contributed by atoms with Gasteiger partial charge in [0.05, 0.1) is 17.8 Å². The van der Waals surface area contributed by atoms with Crippen LogP contribution in [0.2, 0.25) is 5.02 Å². The second kappa shape index (κ2) is 9.18. The molecule has 4 nitrogen and oxygen atoms in total. The molecule has 2 N–H and O–H groups in total. The molecule has 0 aromatic heterocycles. The predicted octanol–water partition coefficient (Wildman–Crippen LogP) is 3.51. The van der Waals surface area contributed by atoms with E-state index in [9.17, 15) is 4.79 Å². The number of carbonyl (C=O) groups is 1. The molecule has 5 heteroatoms. The van der Waals surface area contributed by atoms with Crippen molar-refractivity contribution in [1.82, 2.24) is 5.32 Å². The number of rotatable bonds is 8. The van der Waals surface area contributed by atoms with E-state index in [1.54, 1.807) is 19.2 Å². The normalized spacial score (nSPS) is 10.3. The topological polar surface area (TPSA) is 50.4 Å². The van der Waals surface area contributed by atoms with Crippen LogP contribution in [0.1, 0.15) is 12.0 Å². The van der Waals surface area contributed by atoms with Crippen LogP contribution in [0.4, 0.5) is 5.69 Å². The van der Waals surface area contributed by atoms with Crippen molar-refractivity contribution in [3.05, 3.63) is 59.1 Å². The molecule has 0 heterocycles. The van der Waals surface area contributed by atoms with Crippen LogP contribution in [0, 0.1) is 0 Å². The van der Waals surface area contributed by atoms with Gasteiger partial charge in [-0.15, -0.1) is 0 Å². The van der Waals surface area contributed by atoms with E-state index in [0.717, 1.165) is 18.7 Å². The Bertz CT molecular complexity index is 646. The van der Waals surface area contributed by atoms with Gasteiger partial charge in [0.15, 0.2) is 0 Å². The number of amides is 1. The van der Waals surface area contributed by atoms with E-state index in [-0.39, 0.29) is 5.91 Å². The number of halogens is 1. The molecule has 0 atom stereocenters. The minimum Gasteiger partial charge on any atom is -0.497 e. The molecule has 0 aliphatic rings. The van der Waals surface area contributed by atoms with Gasteiger partial charge in [-0.3, -0.25) is 4.79 Å². The Morgan fingerprint density at radius 3 is 2.74 bits per heavy atom. The van der Waals surface area contributed by atoms with Crippen LogP contribution < -0.4 is 15.4 Å². The second-order valence-corrected chi connectivity index (χ2v) is 5.54. The van der Waals surface area contributed by atoms with E-state index in [1.165, 1.54) is 5.56 Å². The Balaban J connectivity index is 1.65. The van der Waals surface area contributed by atoms with Crippen LogP contribution in [0.25, 0.3) is 0 Å². The maximum atomic E-state index is 11.9. The summed E-state index contributed by atoms with van der Waals surface area (Å²) < 4.78 is 5.20. The number of ether oxygens (including phenoxy) is 1. The van der Waals surface area contributed by atoms with E-state index in [2.05, 4.69) is 16.7 Å². The van der Waals surface area contributed by atoms with Crippen LogP contribution in [-0.2, 0) is 11.2 Å². The molecule has 0 aliphatic carbocycles. The summed E-state index contributed by atoms with van der Waals surface area (Å²) in [5.74, 6) is 0.814. The van der Waals surface area contributed by atoms with Gasteiger partial charge in [0, 0.05) is 13.0 Å². The maximum Gasteiger partial charge on any atom is 0.225 e. The summed E-state index contributed by atoms with van der Waals surface area (Å²) in [5, 5.41) is 6.62. The first kappa shape index (κ1) is 17.3. The van der Waals surface area contributed by atoms with Gasteiger partial charge in [0.1, 0.15) is 5.75 Å². The molecule has 0 aliphatic heterocycles. The van der Waals surface area contributed by atoms with Crippen molar-refractivity contribution in [2.45, 2.75) is 12.8 Å². The summed E-state index contributed by atoms with van der Waals surface area (Å²) in [6.45, 7) is 1.44. The molecular formula is C18H21ClN2O2. The van der Waals surface area contributed by atoms with Crippen LogP contribution in [-0.4, -0.2) is 26.1 Å². The Morgan fingerprint density at radius 2 is 1.96 bits per heavy atom. The molecule has 1 amide bonds. The lowest BCUT2D eigenvalue weighted by atomic mass is 10.1. The van der Waals surface area contributed by atoms with Crippen molar-refractivity contribution in [1.29, 1.82) is 0 Å². The van der Waals surface area contributed by atoms with Crippen molar-refractivity contribution >= 4 is 23.2 Å². The zero-order valence-electron chi connectivity index (χ0n) is 13.1. The molecule has 0 radical (unpaired) electrons. The number of nitrogens with one attached hydrogen (secondary N) is 2. The summed E-state index contributed by atoms with van der Waals surface area (Å²) in [4.78, 5) is 11.9. The molecule has 0 saturated carbocycles. The number of methoxy groups -OCH3 is 1. The standard InChI is InChI=1S/C18H21ClN2O2/c1-23-15-6-4-5-14(13-15)9-11-20-12-10-18(22)21-17-8-3-2-7-16(17)19/h2-8,13,20H,9-12H2,1H3,(H,21,22). The first-order valence-electron chi connectivity index (χ1n) is 7.57. The molecule has 0 bridgehead atoms.